The second-order valence-electron chi connectivity index (χ2n) is 7.69. The monoisotopic (exact) mass is 523 g/mol. The summed E-state index contributed by atoms with van der Waals surface area (Å²) in [6, 6.07) is 15.4. The number of carbonyl (C=O) groups is 1. The molecule has 4 rings (SSSR count). The number of anilines is 1. The third kappa shape index (κ3) is 4.89. The molecule has 0 aliphatic rings. The quantitative estimate of drug-likeness (QED) is 0.356. The number of amides is 1. The summed E-state index contributed by atoms with van der Waals surface area (Å²) >= 11 is 8.82. The molecule has 168 valence electrons. The van der Waals surface area contributed by atoms with Crippen LogP contribution >= 0.6 is 28.1 Å². The number of rotatable bonds is 4. The molecule has 0 fully saturated rings. The van der Waals surface area contributed by atoms with Crippen LogP contribution in [0.15, 0.2) is 53.0 Å². The van der Waals surface area contributed by atoms with Crippen LogP contribution in [0.5, 0.6) is 5.75 Å². The number of ether oxygens (including phenoxy) is 1. The molecule has 2 N–H and O–H groups in total. The van der Waals surface area contributed by atoms with E-state index in [9.17, 15) is 4.79 Å². The highest BCUT2D eigenvalue weighted by atomic mass is 79.9. The Morgan fingerprint density at radius 1 is 1.00 bits per heavy atom. The number of fused-ring (bicyclic) bond motifs is 1. The molecule has 7 nitrogen and oxygen atoms in total. The van der Waals surface area contributed by atoms with E-state index in [2.05, 4.69) is 36.8 Å². The highest BCUT2D eigenvalue weighted by Gasteiger charge is 2.17. The Morgan fingerprint density at radius 2 is 1.67 bits per heavy atom. The first-order chi connectivity index (χ1) is 15.7. The molecule has 0 spiro atoms. The number of thiocarbonyl (C=S) groups is 1. The van der Waals surface area contributed by atoms with Crippen LogP contribution in [0.2, 0.25) is 0 Å². The molecule has 0 aliphatic heterocycles. The van der Waals surface area contributed by atoms with E-state index < -0.39 is 0 Å². The molecule has 33 heavy (non-hydrogen) atoms. The molecule has 0 aliphatic carbocycles. The van der Waals surface area contributed by atoms with Crippen LogP contribution in [-0.4, -0.2) is 33.1 Å². The fourth-order valence-corrected chi connectivity index (χ4v) is 4.26. The summed E-state index contributed by atoms with van der Waals surface area (Å²) in [6.07, 6.45) is 0. The van der Waals surface area contributed by atoms with Gasteiger partial charge in [0.15, 0.2) is 5.11 Å². The Labute approximate surface area is 205 Å². The minimum Gasteiger partial charge on any atom is -0.496 e. The Kier molecular flexibility index (Phi) is 6.44. The Balaban J connectivity index is 1.55. The van der Waals surface area contributed by atoms with Crippen molar-refractivity contribution in [1.29, 1.82) is 0 Å². The van der Waals surface area contributed by atoms with E-state index in [1.807, 2.05) is 63.2 Å². The van der Waals surface area contributed by atoms with E-state index in [0.717, 1.165) is 32.5 Å². The number of halogens is 1. The lowest BCUT2D eigenvalue weighted by molar-refractivity contribution is 0.0974. The summed E-state index contributed by atoms with van der Waals surface area (Å²) in [4.78, 5) is 14.5. The summed E-state index contributed by atoms with van der Waals surface area (Å²) in [6.45, 7) is 5.85. The van der Waals surface area contributed by atoms with E-state index in [4.69, 9.17) is 17.0 Å². The van der Waals surface area contributed by atoms with Crippen molar-refractivity contribution in [3.05, 3.63) is 75.3 Å². The van der Waals surface area contributed by atoms with Crippen molar-refractivity contribution >= 4 is 55.9 Å². The fourth-order valence-electron chi connectivity index (χ4n) is 3.49. The number of benzene rings is 3. The lowest BCUT2D eigenvalue weighted by Crippen LogP contribution is -2.34. The summed E-state index contributed by atoms with van der Waals surface area (Å²) in [5, 5.41) is 15.2. The molecule has 1 heterocycles. The van der Waals surface area contributed by atoms with E-state index in [-0.39, 0.29) is 11.0 Å². The fraction of sp³-hybridized carbons (Fsp3) is 0.167. The van der Waals surface area contributed by atoms with Gasteiger partial charge in [0.1, 0.15) is 16.8 Å². The summed E-state index contributed by atoms with van der Waals surface area (Å²) < 4.78 is 6.18. The Morgan fingerprint density at radius 3 is 2.33 bits per heavy atom. The maximum Gasteiger partial charge on any atom is 0.261 e. The van der Waals surface area contributed by atoms with Crippen molar-refractivity contribution in [1.82, 2.24) is 20.3 Å². The van der Waals surface area contributed by atoms with Crippen LogP contribution in [0.1, 0.15) is 27.0 Å². The van der Waals surface area contributed by atoms with Crippen molar-refractivity contribution in [2.75, 3.05) is 12.4 Å². The highest BCUT2D eigenvalue weighted by Crippen LogP contribution is 2.28. The maximum absolute atomic E-state index is 12.8. The van der Waals surface area contributed by atoms with Crippen molar-refractivity contribution in [2.24, 2.45) is 0 Å². The number of methoxy groups -OCH3 is 1. The molecule has 0 unspecified atom stereocenters. The van der Waals surface area contributed by atoms with Gasteiger partial charge in [-0.15, -0.1) is 10.2 Å². The van der Waals surface area contributed by atoms with E-state index in [1.165, 1.54) is 12.7 Å². The van der Waals surface area contributed by atoms with Crippen LogP contribution < -0.4 is 15.4 Å². The van der Waals surface area contributed by atoms with Crippen molar-refractivity contribution in [3.8, 4) is 11.4 Å². The van der Waals surface area contributed by atoms with Crippen LogP contribution in [0, 0.1) is 20.8 Å². The molecule has 3 aromatic carbocycles. The first-order valence-corrected chi connectivity index (χ1v) is 11.4. The molecular formula is C24H22BrN5O2S. The number of nitrogens with one attached hydrogen (secondary N) is 2. The molecule has 0 saturated carbocycles. The lowest BCUT2D eigenvalue weighted by Gasteiger charge is -2.14. The predicted octanol–water partition coefficient (Wildman–Crippen LogP) is 5.24. The standard InChI is InChI=1S/C24H22BrN5O2S/c1-13-5-7-17(8-6-13)30-28-20-10-14(2)19(12-21(20)29-30)26-24(33)27-23(31)18-11-16(25)9-15(3)22(18)32-4/h5-12H,1-4H3,(H2,26,27,31,33). The second kappa shape index (κ2) is 9.29. The zero-order chi connectivity index (χ0) is 23.7. The average molecular weight is 524 g/mol. The topological polar surface area (TPSA) is 81.1 Å². The Bertz CT molecular complexity index is 1380. The smallest absolute Gasteiger partial charge is 0.261 e. The van der Waals surface area contributed by atoms with Gasteiger partial charge in [-0.05, 0) is 80.5 Å². The van der Waals surface area contributed by atoms with Crippen molar-refractivity contribution in [2.45, 2.75) is 20.8 Å². The van der Waals surface area contributed by atoms with E-state index in [0.29, 0.717) is 16.8 Å². The third-order valence-electron chi connectivity index (χ3n) is 5.15. The summed E-state index contributed by atoms with van der Waals surface area (Å²) in [7, 11) is 1.53. The minimum absolute atomic E-state index is 0.174. The molecule has 1 amide bonds. The maximum atomic E-state index is 12.8. The number of aryl methyl sites for hydroxylation is 3. The number of carbonyl (C=O) groups excluding carboxylic acids is 1. The second-order valence-corrected chi connectivity index (χ2v) is 9.02. The third-order valence-corrected chi connectivity index (χ3v) is 5.82. The molecule has 4 aromatic rings. The van der Waals surface area contributed by atoms with Gasteiger partial charge in [-0.1, -0.05) is 33.6 Å². The van der Waals surface area contributed by atoms with Gasteiger partial charge in [0.2, 0.25) is 0 Å². The number of hydrogen-bond donors (Lipinski definition) is 2. The van der Waals surface area contributed by atoms with Crippen LogP contribution in [-0.2, 0) is 0 Å². The average Bonchev–Trinajstić information content (AvgIpc) is 3.16. The lowest BCUT2D eigenvalue weighted by atomic mass is 10.1. The molecule has 1 aromatic heterocycles. The molecule has 9 heteroatoms. The summed E-state index contributed by atoms with van der Waals surface area (Å²) in [5.74, 6) is 0.140. The van der Waals surface area contributed by atoms with Gasteiger partial charge in [0.05, 0.1) is 18.4 Å². The van der Waals surface area contributed by atoms with E-state index in [1.54, 1.807) is 10.9 Å². The SMILES string of the molecule is COc1c(C)cc(Br)cc1C(=O)NC(=S)Nc1cc2nn(-c3ccc(C)cc3)nc2cc1C. The zero-order valence-corrected chi connectivity index (χ0v) is 21.0. The van der Waals surface area contributed by atoms with Crippen molar-refractivity contribution in [3.63, 3.8) is 0 Å². The zero-order valence-electron chi connectivity index (χ0n) is 18.6. The largest absolute Gasteiger partial charge is 0.496 e. The molecular weight excluding hydrogens is 502 g/mol. The van der Waals surface area contributed by atoms with Crippen LogP contribution in [0.3, 0.4) is 0 Å². The minimum atomic E-state index is -0.363. The molecule has 0 radical (unpaired) electrons. The number of nitrogens with zero attached hydrogens (tertiary/aromatic N) is 3. The summed E-state index contributed by atoms with van der Waals surface area (Å²) in [5.41, 5.74) is 6.42. The first kappa shape index (κ1) is 22.9. The molecule has 0 saturated heterocycles. The van der Waals surface area contributed by atoms with Crippen LogP contribution in [0.4, 0.5) is 5.69 Å². The number of hydrogen-bond acceptors (Lipinski definition) is 5. The van der Waals surface area contributed by atoms with Gasteiger partial charge >= 0.3 is 0 Å². The first-order valence-electron chi connectivity index (χ1n) is 10.2. The molecule has 0 atom stereocenters. The predicted molar refractivity (Wildman–Crippen MR) is 137 cm³/mol. The van der Waals surface area contributed by atoms with Gasteiger partial charge in [0.25, 0.3) is 5.91 Å². The van der Waals surface area contributed by atoms with Gasteiger partial charge in [-0.3, -0.25) is 10.1 Å². The Hall–Kier alpha value is -3.30. The number of aromatic nitrogens is 3. The van der Waals surface area contributed by atoms with Crippen LogP contribution in [0.25, 0.3) is 16.7 Å². The van der Waals surface area contributed by atoms with E-state index >= 15 is 0 Å². The molecule has 0 bridgehead atoms. The normalized spacial score (nSPS) is 10.8. The van der Waals surface area contributed by atoms with Gasteiger partial charge in [-0.25, -0.2) is 0 Å². The van der Waals surface area contributed by atoms with Gasteiger partial charge in [-0.2, -0.15) is 4.80 Å². The van der Waals surface area contributed by atoms with Gasteiger partial charge < -0.3 is 10.1 Å². The van der Waals surface area contributed by atoms with Gasteiger partial charge in [0, 0.05) is 10.2 Å². The van der Waals surface area contributed by atoms with Crippen molar-refractivity contribution < 1.29 is 9.53 Å². The highest BCUT2D eigenvalue weighted by molar-refractivity contribution is 9.10.